The highest BCUT2D eigenvalue weighted by Gasteiger charge is 2.35. The molecule has 1 aromatic carbocycles. The van der Waals surface area contributed by atoms with E-state index >= 15 is 0 Å². The average Bonchev–Trinajstić information content (AvgIpc) is 2.73. The van der Waals surface area contributed by atoms with Crippen LogP contribution in [0.3, 0.4) is 0 Å². The van der Waals surface area contributed by atoms with Crippen LogP contribution in [0.15, 0.2) is 52.5 Å². The van der Waals surface area contributed by atoms with E-state index in [1.165, 1.54) is 22.9 Å². The molecule has 0 amide bonds. The van der Waals surface area contributed by atoms with E-state index in [1.54, 1.807) is 12.1 Å². The second-order valence-electron chi connectivity index (χ2n) is 7.18. The third-order valence-corrected chi connectivity index (χ3v) is 5.52. The molecule has 0 saturated heterocycles. The molecule has 0 fully saturated rings. The van der Waals surface area contributed by atoms with Crippen molar-refractivity contribution in [1.29, 1.82) is 0 Å². The Bertz CT molecular complexity index is 1350. The van der Waals surface area contributed by atoms with Gasteiger partial charge in [0.2, 0.25) is 15.0 Å². The number of halogens is 3. The molecule has 0 radical (unpaired) electrons. The second kappa shape index (κ2) is 7.93. The van der Waals surface area contributed by atoms with Crippen molar-refractivity contribution in [2.24, 2.45) is 0 Å². The van der Waals surface area contributed by atoms with Crippen LogP contribution in [0.4, 0.5) is 18.9 Å². The zero-order chi connectivity index (χ0) is 23.1. The van der Waals surface area contributed by atoms with Crippen molar-refractivity contribution in [3.8, 4) is 17.0 Å². The summed E-state index contributed by atoms with van der Waals surface area (Å²) in [5, 5.41) is 2.24. The molecule has 12 heteroatoms. The normalized spacial score (nSPS) is 13.8. The van der Waals surface area contributed by atoms with Crippen LogP contribution < -0.4 is 15.6 Å². The molecule has 3 aromatic rings. The summed E-state index contributed by atoms with van der Waals surface area (Å²) in [6.07, 6.45) is -2.81. The van der Waals surface area contributed by atoms with Crippen LogP contribution in [-0.2, 0) is 22.6 Å². The molecule has 2 aromatic heterocycles. The van der Waals surface area contributed by atoms with E-state index in [4.69, 9.17) is 4.74 Å². The molecule has 8 nitrogen and oxygen atoms in total. The average molecular weight is 466 g/mol. The molecule has 0 atom stereocenters. The fourth-order valence-electron chi connectivity index (χ4n) is 3.17. The van der Waals surface area contributed by atoms with Gasteiger partial charge in [0, 0.05) is 30.6 Å². The van der Waals surface area contributed by atoms with Gasteiger partial charge < -0.3 is 14.6 Å². The summed E-state index contributed by atoms with van der Waals surface area (Å²) in [4.78, 5) is 19.3. The van der Waals surface area contributed by atoms with Gasteiger partial charge in [-0.1, -0.05) is 6.07 Å². The van der Waals surface area contributed by atoms with Crippen LogP contribution in [-0.4, -0.2) is 42.4 Å². The van der Waals surface area contributed by atoms with Crippen molar-refractivity contribution in [2.75, 3.05) is 24.7 Å². The maximum Gasteiger partial charge on any atom is 0.433 e. The summed E-state index contributed by atoms with van der Waals surface area (Å²) >= 11 is 0. The fraction of sp³-hybridized carbons (Fsp3) is 0.250. The Labute approximate surface area is 180 Å². The molecule has 4 rings (SSSR count). The van der Waals surface area contributed by atoms with Crippen LogP contribution in [0.1, 0.15) is 11.3 Å². The van der Waals surface area contributed by atoms with Gasteiger partial charge in [0.1, 0.15) is 18.1 Å². The van der Waals surface area contributed by atoms with E-state index < -0.39 is 26.9 Å². The van der Waals surface area contributed by atoms with Crippen molar-refractivity contribution < 1.29 is 26.3 Å². The number of alkyl halides is 3. The third-order valence-electron chi connectivity index (χ3n) is 4.68. The standard InChI is InChI=1S/C20H17F3N4O4S/c1-32(29,30)19-25-14(9-17(26-19)20(21,22)23)13-3-5-18(28)27(11-13)10-12-2-4-16-15(8-12)24-6-7-31-16/h2-5,8-9,11,24H,6-7,10H2,1H3. The van der Waals surface area contributed by atoms with Gasteiger partial charge in [-0.15, -0.1) is 0 Å². The molecule has 3 heterocycles. The van der Waals surface area contributed by atoms with Crippen molar-refractivity contribution in [3.05, 3.63) is 64.2 Å². The number of nitrogens with one attached hydrogen (secondary N) is 1. The Balaban J connectivity index is 1.75. The van der Waals surface area contributed by atoms with Crippen LogP contribution in [0, 0.1) is 0 Å². The number of aromatic nitrogens is 3. The number of benzene rings is 1. The molecule has 0 spiro atoms. The van der Waals surface area contributed by atoms with E-state index in [0.29, 0.717) is 25.0 Å². The molecule has 0 saturated carbocycles. The first-order valence-corrected chi connectivity index (χ1v) is 11.3. The number of hydrogen-bond acceptors (Lipinski definition) is 7. The third kappa shape index (κ3) is 4.59. The van der Waals surface area contributed by atoms with Crippen LogP contribution in [0.25, 0.3) is 11.3 Å². The first kappa shape index (κ1) is 21.8. The Morgan fingerprint density at radius 1 is 1.16 bits per heavy atom. The number of sulfone groups is 1. The Morgan fingerprint density at radius 3 is 2.66 bits per heavy atom. The first-order chi connectivity index (χ1) is 15.0. The summed E-state index contributed by atoms with van der Waals surface area (Å²) in [6, 6.07) is 8.49. The highest BCUT2D eigenvalue weighted by Crippen LogP contribution is 2.31. The summed E-state index contributed by atoms with van der Waals surface area (Å²) in [7, 11) is -4.10. The van der Waals surface area contributed by atoms with E-state index in [2.05, 4.69) is 15.3 Å². The highest BCUT2D eigenvalue weighted by atomic mass is 32.2. The number of fused-ring (bicyclic) bond motifs is 1. The van der Waals surface area contributed by atoms with Gasteiger partial charge in [0.05, 0.1) is 17.9 Å². The van der Waals surface area contributed by atoms with E-state index in [1.807, 2.05) is 6.07 Å². The van der Waals surface area contributed by atoms with Crippen molar-refractivity contribution in [2.45, 2.75) is 17.9 Å². The molecule has 168 valence electrons. The Morgan fingerprint density at radius 2 is 1.94 bits per heavy atom. The summed E-state index contributed by atoms with van der Waals surface area (Å²) < 4.78 is 70.2. The number of rotatable bonds is 4. The molecule has 0 aliphatic carbocycles. The minimum Gasteiger partial charge on any atom is -0.490 e. The summed E-state index contributed by atoms with van der Waals surface area (Å²) in [5.74, 6) is 0.690. The van der Waals surface area contributed by atoms with E-state index in [9.17, 15) is 26.4 Å². The molecule has 32 heavy (non-hydrogen) atoms. The van der Waals surface area contributed by atoms with Gasteiger partial charge in [0.15, 0.2) is 0 Å². The van der Waals surface area contributed by atoms with Gasteiger partial charge in [-0.25, -0.2) is 18.4 Å². The zero-order valence-electron chi connectivity index (χ0n) is 16.7. The fourth-order valence-corrected chi connectivity index (χ4v) is 3.70. The quantitative estimate of drug-likeness (QED) is 0.590. The highest BCUT2D eigenvalue weighted by molar-refractivity contribution is 7.90. The summed E-state index contributed by atoms with van der Waals surface area (Å²) in [5.41, 5.74) is -0.354. The van der Waals surface area contributed by atoms with Crippen LogP contribution >= 0.6 is 0 Å². The summed E-state index contributed by atoms with van der Waals surface area (Å²) in [6.45, 7) is 1.32. The lowest BCUT2D eigenvalue weighted by molar-refractivity contribution is -0.141. The molecule has 0 bridgehead atoms. The maximum absolute atomic E-state index is 13.3. The van der Waals surface area contributed by atoms with Crippen molar-refractivity contribution in [1.82, 2.24) is 14.5 Å². The lowest BCUT2D eigenvalue weighted by atomic mass is 10.1. The molecular formula is C20H17F3N4O4S. The predicted octanol–water partition coefficient (Wildman–Crippen LogP) is 2.58. The molecule has 1 aliphatic heterocycles. The van der Waals surface area contributed by atoms with Crippen LogP contribution in [0.2, 0.25) is 0 Å². The van der Waals surface area contributed by atoms with Gasteiger partial charge in [-0.2, -0.15) is 13.2 Å². The SMILES string of the molecule is CS(=O)(=O)c1nc(-c2ccc(=O)n(Cc3ccc4c(c3)NCCO4)c2)cc(C(F)(F)F)n1. The van der Waals surface area contributed by atoms with Gasteiger partial charge in [0.25, 0.3) is 5.56 Å². The van der Waals surface area contributed by atoms with E-state index in [-0.39, 0.29) is 23.4 Å². The lowest BCUT2D eigenvalue weighted by Gasteiger charge is -2.20. The minimum atomic E-state index is -4.87. The Hall–Kier alpha value is -3.41. The molecule has 0 unspecified atom stereocenters. The first-order valence-electron chi connectivity index (χ1n) is 9.37. The van der Waals surface area contributed by atoms with Crippen molar-refractivity contribution >= 4 is 15.5 Å². The van der Waals surface area contributed by atoms with Crippen molar-refractivity contribution in [3.63, 3.8) is 0 Å². The number of nitrogens with zero attached hydrogens (tertiary/aromatic N) is 3. The lowest BCUT2D eigenvalue weighted by Crippen LogP contribution is -2.21. The Kier molecular flexibility index (Phi) is 5.41. The topological polar surface area (TPSA) is 103 Å². The monoisotopic (exact) mass is 466 g/mol. The minimum absolute atomic E-state index is 0.137. The smallest absolute Gasteiger partial charge is 0.433 e. The van der Waals surface area contributed by atoms with Gasteiger partial charge in [-0.3, -0.25) is 4.79 Å². The molecular weight excluding hydrogens is 449 g/mol. The zero-order valence-corrected chi connectivity index (χ0v) is 17.5. The second-order valence-corrected chi connectivity index (χ2v) is 9.09. The molecule has 1 N–H and O–H groups in total. The van der Waals surface area contributed by atoms with Gasteiger partial charge in [-0.05, 0) is 29.8 Å². The number of pyridine rings is 1. The number of hydrogen-bond donors (Lipinski definition) is 1. The van der Waals surface area contributed by atoms with Gasteiger partial charge >= 0.3 is 6.18 Å². The number of anilines is 1. The molecule has 1 aliphatic rings. The largest absolute Gasteiger partial charge is 0.490 e. The number of ether oxygens (including phenoxy) is 1. The predicted molar refractivity (Wildman–Crippen MR) is 109 cm³/mol. The maximum atomic E-state index is 13.3. The van der Waals surface area contributed by atoms with Crippen LogP contribution in [0.5, 0.6) is 5.75 Å². The van der Waals surface area contributed by atoms with E-state index in [0.717, 1.165) is 17.5 Å².